The summed E-state index contributed by atoms with van der Waals surface area (Å²) in [5.74, 6) is 2.02. The molecular formula is C22H25N5O3. The largest absolute Gasteiger partial charge is 0.490 e. The number of nitrogens with one attached hydrogen (secondary N) is 1. The molecule has 8 heteroatoms. The van der Waals surface area contributed by atoms with Gasteiger partial charge in [0, 0.05) is 38.4 Å². The number of aromatic amines is 1. The zero-order chi connectivity index (χ0) is 20.9. The fourth-order valence-electron chi connectivity index (χ4n) is 3.63. The van der Waals surface area contributed by atoms with E-state index in [0.29, 0.717) is 31.1 Å². The lowest BCUT2D eigenvalue weighted by Crippen LogP contribution is -2.35. The Morgan fingerprint density at radius 2 is 1.87 bits per heavy atom. The summed E-state index contributed by atoms with van der Waals surface area (Å²) in [5, 5.41) is 0. The Balaban J connectivity index is 1.52. The SMILES string of the molecule is CCOc1ccc(CN2CCc3nc(-c4cncnc4)[nH]c(=O)c3C2)cc1OCC. The maximum atomic E-state index is 12.7. The van der Waals surface area contributed by atoms with Crippen molar-refractivity contribution in [3.8, 4) is 22.9 Å². The number of benzene rings is 1. The first kappa shape index (κ1) is 20.0. The molecule has 0 bridgehead atoms. The highest BCUT2D eigenvalue weighted by Crippen LogP contribution is 2.29. The summed E-state index contributed by atoms with van der Waals surface area (Å²) in [5.41, 5.74) is 3.28. The van der Waals surface area contributed by atoms with Crippen LogP contribution in [-0.2, 0) is 19.5 Å². The Morgan fingerprint density at radius 1 is 1.10 bits per heavy atom. The number of hydrogen-bond donors (Lipinski definition) is 1. The molecule has 1 aliphatic heterocycles. The molecule has 1 aromatic carbocycles. The van der Waals surface area contributed by atoms with Crippen molar-refractivity contribution in [1.29, 1.82) is 0 Å². The zero-order valence-corrected chi connectivity index (χ0v) is 17.2. The third-order valence-electron chi connectivity index (χ3n) is 5.00. The van der Waals surface area contributed by atoms with E-state index in [1.165, 1.54) is 6.33 Å². The molecule has 0 saturated carbocycles. The van der Waals surface area contributed by atoms with Crippen LogP contribution in [0.3, 0.4) is 0 Å². The van der Waals surface area contributed by atoms with Gasteiger partial charge in [-0.3, -0.25) is 9.69 Å². The molecule has 0 amide bonds. The van der Waals surface area contributed by atoms with Crippen LogP contribution in [-0.4, -0.2) is 44.6 Å². The first-order chi connectivity index (χ1) is 14.7. The summed E-state index contributed by atoms with van der Waals surface area (Å²) >= 11 is 0. The van der Waals surface area contributed by atoms with Crippen molar-refractivity contribution in [2.75, 3.05) is 19.8 Å². The Labute approximate surface area is 174 Å². The molecule has 0 unspecified atom stereocenters. The smallest absolute Gasteiger partial charge is 0.255 e. The molecule has 156 valence electrons. The van der Waals surface area contributed by atoms with Crippen LogP contribution >= 0.6 is 0 Å². The molecule has 2 aromatic heterocycles. The lowest BCUT2D eigenvalue weighted by molar-refractivity contribution is 0.240. The monoisotopic (exact) mass is 407 g/mol. The Hall–Kier alpha value is -3.26. The van der Waals surface area contributed by atoms with Gasteiger partial charge in [-0.1, -0.05) is 6.07 Å². The van der Waals surface area contributed by atoms with E-state index in [0.717, 1.165) is 47.8 Å². The predicted molar refractivity (Wildman–Crippen MR) is 112 cm³/mol. The third-order valence-corrected chi connectivity index (χ3v) is 5.00. The summed E-state index contributed by atoms with van der Waals surface area (Å²) in [7, 11) is 0. The van der Waals surface area contributed by atoms with Crippen molar-refractivity contribution in [3.05, 3.63) is 64.1 Å². The van der Waals surface area contributed by atoms with E-state index >= 15 is 0 Å². The molecule has 0 aliphatic carbocycles. The summed E-state index contributed by atoms with van der Waals surface area (Å²) < 4.78 is 11.4. The van der Waals surface area contributed by atoms with Gasteiger partial charge in [0.15, 0.2) is 11.5 Å². The van der Waals surface area contributed by atoms with E-state index in [1.807, 2.05) is 32.0 Å². The molecule has 30 heavy (non-hydrogen) atoms. The van der Waals surface area contributed by atoms with Crippen molar-refractivity contribution < 1.29 is 9.47 Å². The standard InChI is InChI=1S/C22H25N5O3/c1-3-29-19-6-5-15(9-20(19)30-4-2)12-27-8-7-18-17(13-27)22(28)26-21(25-18)16-10-23-14-24-11-16/h5-6,9-11,14H,3-4,7-8,12-13H2,1-2H3,(H,25,26,28). The van der Waals surface area contributed by atoms with E-state index in [9.17, 15) is 4.79 Å². The minimum Gasteiger partial charge on any atom is -0.490 e. The predicted octanol–water partition coefficient (Wildman–Crippen LogP) is 2.58. The fourth-order valence-corrected chi connectivity index (χ4v) is 3.63. The average Bonchev–Trinajstić information content (AvgIpc) is 2.77. The van der Waals surface area contributed by atoms with E-state index in [-0.39, 0.29) is 5.56 Å². The topological polar surface area (TPSA) is 93.2 Å². The number of nitrogens with zero attached hydrogens (tertiary/aromatic N) is 4. The summed E-state index contributed by atoms with van der Waals surface area (Å²) in [6.07, 6.45) is 5.47. The van der Waals surface area contributed by atoms with Gasteiger partial charge in [-0.2, -0.15) is 0 Å². The highest BCUT2D eigenvalue weighted by atomic mass is 16.5. The second-order valence-electron chi connectivity index (χ2n) is 7.07. The molecule has 4 rings (SSSR count). The maximum Gasteiger partial charge on any atom is 0.255 e. The van der Waals surface area contributed by atoms with Crippen molar-refractivity contribution in [1.82, 2.24) is 24.8 Å². The molecule has 0 radical (unpaired) electrons. The van der Waals surface area contributed by atoms with Gasteiger partial charge in [0.1, 0.15) is 12.2 Å². The van der Waals surface area contributed by atoms with Crippen LogP contribution < -0.4 is 15.0 Å². The summed E-state index contributed by atoms with van der Waals surface area (Å²) in [4.78, 5) is 30.5. The van der Waals surface area contributed by atoms with E-state index < -0.39 is 0 Å². The number of ether oxygens (including phenoxy) is 2. The quantitative estimate of drug-likeness (QED) is 0.643. The maximum absolute atomic E-state index is 12.7. The first-order valence-corrected chi connectivity index (χ1v) is 10.2. The van der Waals surface area contributed by atoms with Crippen molar-refractivity contribution in [2.24, 2.45) is 0 Å². The molecule has 3 heterocycles. The molecule has 0 spiro atoms. The van der Waals surface area contributed by atoms with Crippen LogP contribution in [0.5, 0.6) is 11.5 Å². The van der Waals surface area contributed by atoms with Crippen molar-refractivity contribution >= 4 is 0 Å². The van der Waals surface area contributed by atoms with Crippen LogP contribution in [0.4, 0.5) is 0 Å². The van der Waals surface area contributed by atoms with Crippen LogP contribution in [0.15, 0.2) is 41.7 Å². The van der Waals surface area contributed by atoms with E-state index in [1.54, 1.807) is 12.4 Å². The number of fused-ring (bicyclic) bond motifs is 1. The first-order valence-electron chi connectivity index (χ1n) is 10.2. The normalized spacial score (nSPS) is 13.7. The van der Waals surface area contributed by atoms with Crippen LogP contribution in [0.2, 0.25) is 0 Å². The van der Waals surface area contributed by atoms with Gasteiger partial charge < -0.3 is 14.5 Å². The second kappa shape index (κ2) is 9.04. The van der Waals surface area contributed by atoms with E-state index in [2.05, 4.69) is 24.8 Å². The molecule has 0 fully saturated rings. The number of hydrogen-bond acceptors (Lipinski definition) is 7. The summed E-state index contributed by atoms with van der Waals surface area (Å²) in [6, 6.07) is 6.01. The van der Waals surface area contributed by atoms with Crippen molar-refractivity contribution in [2.45, 2.75) is 33.4 Å². The minimum absolute atomic E-state index is 0.106. The Morgan fingerprint density at radius 3 is 2.63 bits per heavy atom. The van der Waals surface area contributed by atoms with Gasteiger partial charge in [0.25, 0.3) is 5.56 Å². The highest BCUT2D eigenvalue weighted by molar-refractivity contribution is 5.52. The lowest BCUT2D eigenvalue weighted by atomic mass is 10.1. The van der Waals surface area contributed by atoms with Crippen LogP contribution in [0, 0.1) is 0 Å². The molecule has 8 nitrogen and oxygen atoms in total. The minimum atomic E-state index is -0.106. The van der Waals surface area contributed by atoms with Crippen LogP contribution in [0.25, 0.3) is 11.4 Å². The molecule has 1 N–H and O–H groups in total. The van der Waals surface area contributed by atoms with Crippen molar-refractivity contribution in [3.63, 3.8) is 0 Å². The average molecular weight is 407 g/mol. The van der Waals surface area contributed by atoms with Gasteiger partial charge in [-0.15, -0.1) is 0 Å². The van der Waals surface area contributed by atoms with E-state index in [4.69, 9.17) is 9.47 Å². The molecule has 0 saturated heterocycles. The Kier molecular flexibility index (Phi) is 6.04. The van der Waals surface area contributed by atoms with Gasteiger partial charge >= 0.3 is 0 Å². The second-order valence-corrected chi connectivity index (χ2v) is 7.07. The number of rotatable bonds is 7. The van der Waals surface area contributed by atoms with Gasteiger partial charge in [-0.05, 0) is 31.5 Å². The highest BCUT2D eigenvalue weighted by Gasteiger charge is 2.22. The molecule has 3 aromatic rings. The zero-order valence-electron chi connectivity index (χ0n) is 17.2. The van der Waals surface area contributed by atoms with Gasteiger partial charge in [-0.25, -0.2) is 15.0 Å². The lowest BCUT2D eigenvalue weighted by Gasteiger charge is -2.28. The summed E-state index contributed by atoms with van der Waals surface area (Å²) in [6.45, 7) is 7.19. The van der Waals surface area contributed by atoms with Gasteiger partial charge in [0.05, 0.1) is 30.0 Å². The van der Waals surface area contributed by atoms with Crippen LogP contribution in [0.1, 0.15) is 30.7 Å². The van der Waals surface area contributed by atoms with Gasteiger partial charge in [0.2, 0.25) is 0 Å². The molecule has 1 aliphatic rings. The number of aromatic nitrogens is 4. The molecule has 0 atom stereocenters. The number of H-pyrrole nitrogens is 1. The third kappa shape index (κ3) is 4.33. The fraction of sp³-hybridized carbons (Fsp3) is 0.364. The molecular weight excluding hydrogens is 382 g/mol. The Bertz CT molecular complexity index is 1070.